The van der Waals surface area contributed by atoms with Crippen LogP contribution >= 0.6 is 35.0 Å². The molecule has 0 saturated heterocycles. The van der Waals surface area contributed by atoms with Crippen LogP contribution in [0.4, 0.5) is 5.69 Å². The lowest BCUT2D eigenvalue weighted by atomic mass is 10.2. The molecule has 10 heteroatoms. The Morgan fingerprint density at radius 3 is 2.71 bits per heavy atom. The van der Waals surface area contributed by atoms with Crippen molar-refractivity contribution in [2.45, 2.75) is 32.0 Å². The Kier molecular flexibility index (Phi) is 6.22. The van der Waals surface area contributed by atoms with Crippen molar-refractivity contribution >= 4 is 63.2 Å². The largest absolute Gasteiger partial charge is 0.324 e. The Bertz CT molecular complexity index is 1370. The van der Waals surface area contributed by atoms with Gasteiger partial charge in [-0.25, -0.2) is 0 Å². The molecule has 0 fully saturated rings. The molecule has 1 N–H and O–H groups in total. The van der Waals surface area contributed by atoms with E-state index in [-0.39, 0.29) is 17.2 Å². The quantitative estimate of drug-likeness (QED) is 0.405. The second-order valence-corrected chi connectivity index (χ2v) is 8.84. The van der Waals surface area contributed by atoms with E-state index < -0.39 is 0 Å². The van der Waals surface area contributed by atoms with Crippen LogP contribution in [-0.4, -0.2) is 30.8 Å². The summed E-state index contributed by atoms with van der Waals surface area (Å²) < 4.78 is 3.37. The summed E-state index contributed by atoms with van der Waals surface area (Å²) in [5, 5.41) is 13.3. The van der Waals surface area contributed by atoms with E-state index in [0.717, 1.165) is 12.0 Å². The standard InChI is InChI=1S/C21H19Cl2N5O2S/c1-3-8-27-19(30)14-6-5-13(22)10-17(14)28-20(27)25-26-21(28)31-11-18(29)24-16-7-4-12(2)9-15(16)23/h4-7,9-10H,3,8,11H2,1-2H3,(H,24,29). The SMILES string of the molecule is CCCn1c(=O)c2ccc(Cl)cc2n2c(SCC(=O)Nc3ccc(C)cc3Cl)nnc12. The van der Waals surface area contributed by atoms with Crippen LogP contribution in [-0.2, 0) is 11.3 Å². The Hall–Kier alpha value is -2.55. The topological polar surface area (TPSA) is 81.3 Å². The monoisotopic (exact) mass is 475 g/mol. The van der Waals surface area contributed by atoms with Crippen molar-refractivity contribution in [1.29, 1.82) is 0 Å². The number of nitrogens with one attached hydrogen (secondary N) is 1. The number of carbonyl (C=O) groups is 1. The number of aryl methyl sites for hydroxylation is 2. The lowest BCUT2D eigenvalue weighted by molar-refractivity contribution is -0.113. The molecular formula is C21H19Cl2N5O2S. The number of fused-ring (bicyclic) bond motifs is 3. The van der Waals surface area contributed by atoms with E-state index >= 15 is 0 Å². The Morgan fingerprint density at radius 1 is 1.16 bits per heavy atom. The number of halogens is 2. The van der Waals surface area contributed by atoms with Gasteiger partial charge in [-0.2, -0.15) is 0 Å². The molecule has 0 radical (unpaired) electrons. The number of rotatable bonds is 6. The van der Waals surface area contributed by atoms with Gasteiger partial charge >= 0.3 is 0 Å². The number of aromatic nitrogens is 4. The molecule has 4 aromatic rings. The van der Waals surface area contributed by atoms with Gasteiger partial charge in [-0.3, -0.25) is 18.6 Å². The number of carbonyl (C=O) groups excluding carboxylic acids is 1. The fourth-order valence-electron chi connectivity index (χ4n) is 3.31. The molecule has 2 heterocycles. The van der Waals surface area contributed by atoms with E-state index in [0.29, 0.717) is 44.1 Å². The molecule has 7 nitrogen and oxygen atoms in total. The third-order valence-corrected chi connectivity index (χ3v) is 6.19. The van der Waals surface area contributed by atoms with Crippen LogP contribution in [0.1, 0.15) is 18.9 Å². The highest BCUT2D eigenvalue weighted by Gasteiger charge is 2.18. The minimum atomic E-state index is -0.225. The summed E-state index contributed by atoms with van der Waals surface area (Å²) in [6.45, 7) is 4.43. The van der Waals surface area contributed by atoms with Gasteiger partial charge in [0.05, 0.1) is 27.4 Å². The van der Waals surface area contributed by atoms with Crippen LogP contribution in [0.25, 0.3) is 16.7 Å². The first-order chi connectivity index (χ1) is 14.9. The molecule has 0 bridgehead atoms. The number of hydrogen-bond acceptors (Lipinski definition) is 5. The molecule has 0 atom stereocenters. The van der Waals surface area contributed by atoms with Gasteiger partial charge < -0.3 is 5.32 Å². The van der Waals surface area contributed by atoms with Crippen molar-refractivity contribution in [3.63, 3.8) is 0 Å². The normalized spacial score (nSPS) is 11.4. The van der Waals surface area contributed by atoms with Gasteiger partial charge in [0.25, 0.3) is 5.56 Å². The number of benzene rings is 2. The summed E-state index contributed by atoms with van der Waals surface area (Å²) >= 11 is 13.6. The first-order valence-corrected chi connectivity index (χ1v) is 11.4. The lowest BCUT2D eigenvalue weighted by Gasteiger charge is -2.11. The second-order valence-electron chi connectivity index (χ2n) is 7.06. The second kappa shape index (κ2) is 8.90. The molecule has 160 valence electrons. The van der Waals surface area contributed by atoms with Crippen molar-refractivity contribution in [2.24, 2.45) is 0 Å². The summed E-state index contributed by atoms with van der Waals surface area (Å²) in [5.41, 5.74) is 2.03. The van der Waals surface area contributed by atoms with Gasteiger partial charge in [-0.05, 0) is 49.2 Å². The molecule has 2 aromatic heterocycles. The summed E-state index contributed by atoms with van der Waals surface area (Å²) in [7, 11) is 0. The number of anilines is 1. The molecule has 4 rings (SSSR count). The van der Waals surface area contributed by atoms with Crippen molar-refractivity contribution < 1.29 is 4.79 Å². The maximum atomic E-state index is 12.9. The molecule has 31 heavy (non-hydrogen) atoms. The van der Waals surface area contributed by atoms with Crippen molar-refractivity contribution in [2.75, 3.05) is 11.1 Å². The van der Waals surface area contributed by atoms with Crippen LogP contribution in [0.5, 0.6) is 0 Å². The van der Waals surface area contributed by atoms with Gasteiger partial charge in [0.2, 0.25) is 11.7 Å². The zero-order valence-corrected chi connectivity index (χ0v) is 19.2. The Morgan fingerprint density at radius 2 is 1.97 bits per heavy atom. The maximum absolute atomic E-state index is 12.9. The van der Waals surface area contributed by atoms with Crippen molar-refractivity contribution in [3.8, 4) is 0 Å². The summed E-state index contributed by atoms with van der Waals surface area (Å²) in [4.78, 5) is 25.4. The van der Waals surface area contributed by atoms with Gasteiger partial charge in [0, 0.05) is 11.6 Å². The summed E-state index contributed by atoms with van der Waals surface area (Å²) in [5.74, 6) is 0.294. The average molecular weight is 476 g/mol. The lowest BCUT2D eigenvalue weighted by Crippen LogP contribution is -2.23. The number of hydrogen-bond donors (Lipinski definition) is 1. The zero-order valence-electron chi connectivity index (χ0n) is 16.9. The van der Waals surface area contributed by atoms with Gasteiger partial charge in [0.1, 0.15) is 0 Å². The van der Waals surface area contributed by atoms with Crippen molar-refractivity contribution in [3.05, 3.63) is 62.4 Å². The van der Waals surface area contributed by atoms with Crippen LogP contribution in [0.2, 0.25) is 10.0 Å². The fourth-order valence-corrected chi connectivity index (χ4v) is 4.50. The minimum Gasteiger partial charge on any atom is -0.324 e. The van der Waals surface area contributed by atoms with E-state index in [2.05, 4.69) is 15.5 Å². The Labute approximate surface area is 192 Å². The van der Waals surface area contributed by atoms with Gasteiger partial charge in [-0.15, -0.1) is 10.2 Å². The van der Waals surface area contributed by atoms with Gasteiger partial charge in [0.15, 0.2) is 5.16 Å². The zero-order chi connectivity index (χ0) is 22.1. The van der Waals surface area contributed by atoms with Crippen LogP contribution in [0, 0.1) is 6.92 Å². The van der Waals surface area contributed by atoms with E-state index in [1.54, 1.807) is 39.3 Å². The average Bonchev–Trinajstić information content (AvgIpc) is 3.15. The number of nitrogens with zero attached hydrogens (tertiary/aromatic N) is 4. The molecule has 0 unspecified atom stereocenters. The number of thioether (sulfide) groups is 1. The highest BCUT2D eigenvalue weighted by Crippen LogP contribution is 2.26. The molecule has 0 spiro atoms. The third-order valence-electron chi connectivity index (χ3n) is 4.71. The maximum Gasteiger partial charge on any atom is 0.262 e. The first-order valence-electron chi connectivity index (χ1n) is 9.65. The molecule has 0 aliphatic carbocycles. The summed E-state index contributed by atoms with van der Waals surface area (Å²) in [6.07, 6.45) is 0.768. The molecule has 0 aliphatic rings. The van der Waals surface area contributed by atoms with Gasteiger partial charge in [-0.1, -0.05) is 48.0 Å². The molecule has 2 aromatic carbocycles. The molecule has 1 amide bonds. The minimum absolute atomic E-state index is 0.0972. The van der Waals surface area contributed by atoms with Crippen LogP contribution in [0.15, 0.2) is 46.3 Å². The molecular weight excluding hydrogens is 457 g/mol. The molecule has 0 aliphatic heterocycles. The number of amides is 1. The van der Waals surface area contributed by atoms with Crippen LogP contribution < -0.4 is 10.9 Å². The smallest absolute Gasteiger partial charge is 0.262 e. The third kappa shape index (κ3) is 4.28. The fraction of sp³-hybridized carbons (Fsp3) is 0.238. The molecule has 0 saturated carbocycles. The van der Waals surface area contributed by atoms with Crippen molar-refractivity contribution in [1.82, 2.24) is 19.2 Å². The van der Waals surface area contributed by atoms with E-state index in [1.807, 2.05) is 19.9 Å². The summed E-state index contributed by atoms with van der Waals surface area (Å²) in [6, 6.07) is 10.5. The van der Waals surface area contributed by atoms with E-state index in [9.17, 15) is 9.59 Å². The van der Waals surface area contributed by atoms with E-state index in [4.69, 9.17) is 23.2 Å². The highest BCUT2D eigenvalue weighted by molar-refractivity contribution is 7.99. The Balaban J connectivity index is 1.68. The predicted octanol–water partition coefficient (Wildman–Crippen LogP) is 4.80. The first kappa shape index (κ1) is 21.7. The highest BCUT2D eigenvalue weighted by atomic mass is 35.5. The van der Waals surface area contributed by atoms with Crippen LogP contribution in [0.3, 0.4) is 0 Å². The van der Waals surface area contributed by atoms with E-state index in [1.165, 1.54) is 11.8 Å². The predicted molar refractivity (Wildman–Crippen MR) is 126 cm³/mol.